The van der Waals surface area contributed by atoms with E-state index in [-0.39, 0.29) is 11.4 Å². The predicted molar refractivity (Wildman–Crippen MR) is 53.1 cm³/mol. The molecular weight excluding hydrogens is 165 g/mol. The Morgan fingerprint density at radius 3 is 2.46 bits per heavy atom. The Hall–Kier alpha value is -0.890. The quantitative estimate of drug-likeness (QED) is 0.745. The van der Waals surface area contributed by atoms with Gasteiger partial charge in [0.2, 0.25) is 0 Å². The summed E-state index contributed by atoms with van der Waals surface area (Å²) in [5.74, 6) is -0.154. The highest BCUT2D eigenvalue weighted by Gasteiger charge is 2.11. The van der Waals surface area contributed by atoms with Gasteiger partial charge in [-0.15, -0.1) is 0 Å². The minimum Gasteiger partial charge on any atom is -0.325 e. The van der Waals surface area contributed by atoms with Crippen molar-refractivity contribution in [3.8, 4) is 0 Å². The lowest BCUT2D eigenvalue weighted by Crippen LogP contribution is -2.34. The van der Waals surface area contributed by atoms with Gasteiger partial charge in [0, 0.05) is 5.54 Å². The second-order valence-corrected chi connectivity index (χ2v) is 4.25. The Balaban J connectivity index is 2.86. The van der Waals surface area contributed by atoms with Crippen LogP contribution < -0.4 is 5.73 Å². The van der Waals surface area contributed by atoms with E-state index in [2.05, 4.69) is 0 Å². The van der Waals surface area contributed by atoms with Crippen LogP contribution in [-0.2, 0) is 6.42 Å². The number of nitrogens with two attached hydrogens (primary N) is 1. The van der Waals surface area contributed by atoms with E-state index in [0.717, 1.165) is 12.0 Å². The molecule has 0 aromatic heterocycles. The Labute approximate surface area is 78.8 Å². The maximum atomic E-state index is 12.9. The van der Waals surface area contributed by atoms with Gasteiger partial charge in [0.25, 0.3) is 0 Å². The normalized spacial score (nSPS) is 11.8. The van der Waals surface area contributed by atoms with E-state index in [1.165, 1.54) is 6.07 Å². The molecule has 13 heavy (non-hydrogen) atoms. The fraction of sp³-hybridized carbons (Fsp3) is 0.455. The fourth-order valence-corrected chi connectivity index (χ4v) is 1.34. The van der Waals surface area contributed by atoms with Crippen LogP contribution in [0.15, 0.2) is 18.2 Å². The maximum absolute atomic E-state index is 12.9. The highest BCUT2D eigenvalue weighted by molar-refractivity contribution is 5.25. The Kier molecular flexibility index (Phi) is 2.71. The third-order valence-corrected chi connectivity index (χ3v) is 1.88. The molecule has 0 saturated heterocycles. The van der Waals surface area contributed by atoms with Gasteiger partial charge in [0.15, 0.2) is 0 Å². The van der Waals surface area contributed by atoms with Gasteiger partial charge in [-0.3, -0.25) is 0 Å². The largest absolute Gasteiger partial charge is 0.325 e. The van der Waals surface area contributed by atoms with Gasteiger partial charge in [0.05, 0.1) is 0 Å². The lowest BCUT2D eigenvalue weighted by atomic mass is 9.95. The van der Waals surface area contributed by atoms with Crippen molar-refractivity contribution in [2.75, 3.05) is 0 Å². The van der Waals surface area contributed by atoms with Crippen molar-refractivity contribution in [1.29, 1.82) is 0 Å². The van der Waals surface area contributed by atoms with Crippen molar-refractivity contribution in [2.45, 2.75) is 32.7 Å². The minimum absolute atomic E-state index is 0.154. The number of benzene rings is 1. The van der Waals surface area contributed by atoms with Crippen LogP contribution in [0.25, 0.3) is 0 Å². The molecule has 2 N–H and O–H groups in total. The summed E-state index contributed by atoms with van der Waals surface area (Å²) >= 11 is 0. The Bertz CT molecular complexity index is 299. The first kappa shape index (κ1) is 10.2. The van der Waals surface area contributed by atoms with Crippen molar-refractivity contribution in [2.24, 2.45) is 5.73 Å². The summed E-state index contributed by atoms with van der Waals surface area (Å²) in [6.45, 7) is 5.69. The number of halogens is 1. The lowest BCUT2D eigenvalue weighted by molar-refractivity contribution is 0.515. The molecule has 1 nitrogen and oxygen atoms in total. The van der Waals surface area contributed by atoms with Gasteiger partial charge < -0.3 is 5.73 Å². The van der Waals surface area contributed by atoms with E-state index in [1.807, 2.05) is 19.9 Å². The molecule has 1 aromatic rings. The highest BCUT2D eigenvalue weighted by atomic mass is 19.1. The second-order valence-electron chi connectivity index (χ2n) is 4.25. The van der Waals surface area contributed by atoms with E-state index in [0.29, 0.717) is 5.56 Å². The molecule has 1 rings (SSSR count). The van der Waals surface area contributed by atoms with Crippen LogP contribution >= 0.6 is 0 Å². The summed E-state index contributed by atoms with van der Waals surface area (Å²) in [5.41, 5.74) is 7.40. The topological polar surface area (TPSA) is 26.0 Å². The third kappa shape index (κ3) is 3.15. The molecule has 2 heteroatoms. The maximum Gasteiger partial charge on any atom is 0.126 e. The van der Waals surface area contributed by atoms with Gasteiger partial charge in [0.1, 0.15) is 5.82 Å². The van der Waals surface area contributed by atoms with Crippen LogP contribution in [0.4, 0.5) is 4.39 Å². The zero-order valence-corrected chi connectivity index (χ0v) is 8.39. The first-order chi connectivity index (χ1) is 5.88. The van der Waals surface area contributed by atoms with E-state index < -0.39 is 0 Å². The molecule has 72 valence electrons. The van der Waals surface area contributed by atoms with Crippen LogP contribution in [-0.4, -0.2) is 5.54 Å². The van der Waals surface area contributed by atoms with Crippen molar-refractivity contribution in [3.63, 3.8) is 0 Å². The molecule has 0 fully saturated rings. The molecule has 0 aliphatic carbocycles. The standard InChI is InChI=1S/C11H16FN/c1-8-6-9(4-5-10(8)12)7-11(2,3)13/h4-6H,7,13H2,1-3H3. The molecule has 0 spiro atoms. The molecule has 0 unspecified atom stereocenters. The lowest BCUT2D eigenvalue weighted by Gasteiger charge is -2.18. The number of rotatable bonds is 2. The van der Waals surface area contributed by atoms with Crippen LogP contribution in [0, 0.1) is 12.7 Å². The fourth-order valence-electron chi connectivity index (χ4n) is 1.34. The zero-order valence-electron chi connectivity index (χ0n) is 8.39. The van der Waals surface area contributed by atoms with Crippen molar-refractivity contribution in [1.82, 2.24) is 0 Å². The second kappa shape index (κ2) is 3.46. The molecule has 0 aliphatic rings. The summed E-state index contributed by atoms with van der Waals surface area (Å²) in [5, 5.41) is 0. The van der Waals surface area contributed by atoms with Crippen molar-refractivity contribution >= 4 is 0 Å². The summed E-state index contributed by atoms with van der Waals surface area (Å²) in [6, 6.07) is 5.14. The minimum atomic E-state index is -0.232. The van der Waals surface area contributed by atoms with Gasteiger partial charge in [-0.25, -0.2) is 4.39 Å². The predicted octanol–water partition coefficient (Wildman–Crippen LogP) is 2.41. The first-order valence-electron chi connectivity index (χ1n) is 4.42. The molecule has 0 atom stereocenters. The smallest absolute Gasteiger partial charge is 0.126 e. The van der Waals surface area contributed by atoms with Gasteiger partial charge >= 0.3 is 0 Å². The van der Waals surface area contributed by atoms with E-state index >= 15 is 0 Å². The van der Waals surface area contributed by atoms with Crippen LogP contribution in [0.3, 0.4) is 0 Å². The van der Waals surface area contributed by atoms with E-state index in [4.69, 9.17) is 5.73 Å². The van der Waals surface area contributed by atoms with Crippen molar-refractivity contribution < 1.29 is 4.39 Å². The molecular formula is C11H16FN. The SMILES string of the molecule is Cc1cc(CC(C)(C)N)ccc1F. The summed E-state index contributed by atoms with van der Waals surface area (Å²) in [6.07, 6.45) is 0.772. The highest BCUT2D eigenvalue weighted by Crippen LogP contribution is 2.13. The third-order valence-electron chi connectivity index (χ3n) is 1.88. The zero-order chi connectivity index (χ0) is 10.1. The number of hydrogen-bond donors (Lipinski definition) is 1. The summed E-state index contributed by atoms with van der Waals surface area (Å²) < 4.78 is 12.9. The van der Waals surface area contributed by atoms with Gasteiger partial charge in [-0.2, -0.15) is 0 Å². The molecule has 0 bridgehead atoms. The van der Waals surface area contributed by atoms with Gasteiger partial charge in [-0.05, 0) is 44.4 Å². The molecule has 0 amide bonds. The average Bonchev–Trinajstić information content (AvgIpc) is 1.94. The van der Waals surface area contributed by atoms with E-state index in [9.17, 15) is 4.39 Å². The number of aryl methyl sites for hydroxylation is 1. The monoisotopic (exact) mass is 181 g/mol. The number of hydrogen-bond acceptors (Lipinski definition) is 1. The first-order valence-corrected chi connectivity index (χ1v) is 4.42. The van der Waals surface area contributed by atoms with Crippen LogP contribution in [0.2, 0.25) is 0 Å². The summed E-state index contributed by atoms with van der Waals surface area (Å²) in [7, 11) is 0. The summed E-state index contributed by atoms with van der Waals surface area (Å²) in [4.78, 5) is 0. The van der Waals surface area contributed by atoms with Crippen LogP contribution in [0.5, 0.6) is 0 Å². The van der Waals surface area contributed by atoms with Crippen molar-refractivity contribution in [3.05, 3.63) is 35.1 Å². The van der Waals surface area contributed by atoms with E-state index in [1.54, 1.807) is 13.0 Å². The van der Waals surface area contributed by atoms with Crippen LogP contribution in [0.1, 0.15) is 25.0 Å². The molecule has 0 aliphatic heterocycles. The Morgan fingerprint density at radius 2 is 2.00 bits per heavy atom. The molecule has 0 heterocycles. The Morgan fingerprint density at radius 1 is 1.38 bits per heavy atom. The van der Waals surface area contributed by atoms with Gasteiger partial charge in [-0.1, -0.05) is 12.1 Å². The molecule has 0 saturated carbocycles. The molecule has 1 aromatic carbocycles. The average molecular weight is 181 g/mol. The molecule has 0 radical (unpaired) electrons.